The topological polar surface area (TPSA) is 29.5 Å². The van der Waals surface area contributed by atoms with Gasteiger partial charge in [-0.2, -0.15) is 0 Å². The highest BCUT2D eigenvalue weighted by Crippen LogP contribution is 2.31. The van der Waals surface area contributed by atoms with E-state index in [1.165, 1.54) is 11.1 Å². The van der Waals surface area contributed by atoms with Crippen molar-refractivity contribution in [2.24, 2.45) is 5.92 Å². The number of hydrogen-bond donors (Lipinski definition) is 1. The smallest absolute Gasteiger partial charge is 0.0734 e. The summed E-state index contributed by atoms with van der Waals surface area (Å²) < 4.78 is 5.73. The highest BCUT2D eigenvalue weighted by molar-refractivity contribution is 5.23. The molecule has 2 atom stereocenters. The van der Waals surface area contributed by atoms with Gasteiger partial charge in [-0.05, 0) is 24.8 Å². The molecule has 1 heterocycles. The van der Waals surface area contributed by atoms with E-state index >= 15 is 0 Å². The van der Waals surface area contributed by atoms with E-state index < -0.39 is 5.60 Å². The second-order valence-electron chi connectivity index (χ2n) is 5.99. The molecule has 1 saturated heterocycles. The molecule has 1 aromatic carbocycles. The summed E-state index contributed by atoms with van der Waals surface area (Å²) in [6, 6.07) is 8.45. The fraction of sp³-hybridized carbons (Fsp3) is 0.625. The average molecular weight is 248 g/mol. The van der Waals surface area contributed by atoms with Crippen molar-refractivity contribution >= 4 is 0 Å². The van der Waals surface area contributed by atoms with Gasteiger partial charge in [-0.25, -0.2) is 0 Å². The van der Waals surface area contributed by atoms with E-state index in [0.29, 0.717) is 12.5 Å². The first-order valence-electron chi connectivity index (χ1n) is 6.88. The predicted molar refractivity (Wildman–Crippen MR) is 73.6 cm³/mol. The molecule has 1 aliphatic heterocycles. The Hall–Kier alpha value is -0.860. The molecule has 2 heteroatoms. The Balaban J connectivity index is 2.04. The summed E-state index contributed by atoms with van der Waals surface area (Å²) >= 11 is 0. The van der Waals surface area contributed by atoms with Crippen molar-refractivity contribution in [3.8, 4) is 0 Å². The van der Waals surface area contributed by atoms with Crippen molar-refractivity contribution in [3.63, 3.8) is 0 Å². The van der Waals surface area contributed by atoms with E-state index in [1.54, 1.807) is 0 Å². The van der Waals surface area contributed by atoms with Gasteiger partial charge in [-0.1, -0.05) is 43.7 Å². The molecule has 0 spiro atoms. The van der Waals surface area contributed by atoms with Gasteiger partial charge in [0.15, 0.2) is 0 Å². The quantitative estimate of drug-likeness (QED) is 0.890. The van der Waals surface area contributed by atoms with Crippen LogP contribution in [-0.2, 0) is 11.2 Å². The van der Waals surface area contributed by atoms with Gasteiger partial charge in [0, 0.05) is 19.4 Å². The summed E-state index contributed by atoms with van der Waals surface area (Å²) in [6.45, 7) is 7.07. The Morgan fingerprint density at radius 2 is 2.00 bits per heavy atom. The summed E-state index contributed by atoms with van der Waals surface area (Å²) in [7, 11) is 0. The molecule has 18 heavy (non-hydrogen) atoms. The van der Waals surface area contributed by atoms with Crippen LogP contribution in [0.1, 0.15) is 37.8 Å². The van der Waals surface area contributed by atoms with E-state index in [0.717, 1.165) is 19.3 Å². The van der Waals surface area contributed by atoms with Gasteiger partial charge in [-0.3, -0.25) is 0 Å². The zero-order valence-electron chi connectivity index (χ0n) is 11.6. The minimum absolute atomic E-state index is 0.189. The van der Waals surface area contributed by atoms with Crippen LogP contribution in [0.4, 0.5) is 0 Å². The van der Waals surface area contributed by atoms with Crippen LogP contribution in [0.25, 0.3) is 0 Å². The van der Waals surface area contributed by atoms with E-state index in [4.69, 9.17) is 4.74 Å². The Bertz CT molecular complexity index is 383. The first-order chi connectivity index (χ1) is 8.48. The normalized spacial score (nSPS) is 28.6. The Labute approximate surface area is 110 Å². The van der Waals surface area contributed by atoms with Crippen molar-refractivity contribution < 1.29 is 9.84 Å². The number of rotatable bonds is 3. The van der Waals surface area contributed by atoms with Crippen LogP contribution in [0.5, 0.6) is 0 Å². The Morgan fingerprint density at radius 3 is 2.61 bits per heavy atom. The summed E-state index contributed by atoms with van der Waals surface area (Å²) in [4.78, 5) is 0. The monoisotopic (exact) mass is 248 g/mol. The van der Waals surface area contributed by atoms with Crippen molar-refractivity contribution in [2.75, 3.05) is 6.61 Å². The number of ether oxygens (including phenoxy) is 1. The Kier molecular flexibility index (Phi) is 4.08. The molecule has 0 radical (unpaired) electrons. The molecule has 0 bridgehead atoms. The molecule has 0 amide bonds. The molecule has 0 aliphatic carbocycles. The predicted octanol–water partition coefficient (Wildman–Crippen LogP) is 3.10. The van der Waals surface area contributed by atoms with Gasteiger partial charge in [0.05, 0.1) is 11.7 Å². The molecule has 1 fully saturated rings. The Morgan fingerprint density at radius 1 is 1.33 bits per heavy atom. The largest absolute Gasteiger partial charge is 0.389 e. The number of benzene rings is 1. The maximum atomic E-state index is 10.7. The molecular formula is C16H24O2. The first kappa shape index (κ1) is 13.6. The van der Waals surface area contributed by atoms with Gasteiger partial charge in [0.2, 0.25) is 0 Å². The number of aliphatic hydroxyl groups is 1. The first-order valence-corrected chi connectivity index (χ1v) is 6.88. The van der Waals surface area contributed by atoms with E-state index in [2.05, 4.69) is 45.0 Å². The van der Waals surface area contributed by atoms with Crippen molar-refractivity contribution in [1.29, 1.82) is 0 Å². The van der Waals surface area contributed by atoms with Crippen LogP contribution < -0.4 is 0 Å². The zero-order chi connectivity index (χ0) is 13.2. The molecule has 100 valence electrons. The molecule has 2 nitrogen and oxygen atoms in total. The molecular weight excluding hydrogens is 224 g/mol. The highest BCUT2D eigenvalue weighted by atomic mass is 16.5. The fourth-order valence-electron chi connectivity index (χ4n) is 2.61. The fourth-order valence-corrected chi connectivity index (χ4v) is 2.61. The van der Waals surface area contributed by atoms with Gasteiger partial charge in [0.1, 0.15) is 0 Å². The van der Waals surface area contributed by atoms with Crippen LogP contribution in [0.15, 0.2) is 24.3 Å². The lowest BCUT2D eigenvalue weighted by atomic mass is 9.82. The van der Waals surface area contributed by atoms with Crippen molar-refractivity contribution in [1.82, 2.24) is 0 Å². The lowest BCUT2D eigenvalue weighted by Gasteiger charge is -2.38. The molecule has 1 aliphatic rings. The van der Waals surface area contributed by atoms with Crippen molar-refractivity contribution in [2.45, 2.75) is 51.7 Å². The standard InChI is InChI=1S/C16H24O2/c1-12(2)15-11-16(17,8-9-18-15)10-14-6-4-13(3)5-7-14/h4-7,12,15,17H,8-11H2,1-3H3. The minimum atomic E-state index is -0.595. The van der Waals surface area contributed by atoms with Gasteiger partial charge in [0.25, 0.3) is 0 Å². The maximum Gasteiger partial charge on any atom is 0.0734 e. The number of aryl methyl sites for hydroxylation is 1. The third-order valence-corrected chi connectivity index (χ3v) is 3.88. The molecule has 1 N–H and O–H groups in total. The third kappa shape index (κ3) is 3.33. The maximum absolute atomic E-state index is 10.7. The summed E-state index contributed by atoms with van der Waals surface area (Å²) in [5.41, 5.74) is 1.88. The lowest BCUT2D eigenvalue weighted by molar-refractivity contribution is -0.116. The van der Waals surface area contributed by atoms with Gasteiger partial charge in [-0.15, -0.1) is 0 Å². The SMILES string of the molecule is Cc1ccc(CC2(O)CCOC(C(C)C)C2)cc1. The summed E-state index contributed by atoms with van der Waals surface area (Å²) in [6.07, 6.45) is 2.41. The second kappa shape index (κ2) is 5.41. The average Bonchev–Trinajstić information content (AvgIpc) is 2.32. The molecule has 0 aromatic heterocycles. The van der Waals surface area contributed by atoms with Crippen LogP contribution in [0.2, 0.25) is 0 Å². The van der Waals surface area contributed by atoms with Crippen LogP contribution in [0, 0.1) is 12.8 Å². The molecule has 2 unspecified atom stereocenters. The molecule has 2 rings (SSSR count). The van der Waals surface area contributed by atoms with E-state index in [9.17, 15) is 5.11 Å². The van der Waals surface area contributed by atoms with Crippen LogP contribution in [-0.4, -0.2) is 23.4 Å². The lowest BCUT2D eigenvalue weighted by Crippen LogP contribution is -2.44. The van der Waals surface area contributed by atoms with E-state index in [1.807, 2.05) is 0 Å². The van der Waals surface area contributed by atoms with Gasteiger partial charge < -0.3 is 9.84 Å². The van der Waals surface area contributed by atoms with Crippen molar-refractivity contribution in [3.05, 3.63) is 35.4 Å². The number of hydrogen-bond acceptors (Lipinski definition) is 2. The third-order valence-electron chi connectivity index (χ3n) is 3.88. The zero-order valence-corrected chi connectivity index (χ0v) is 11.6. The molecule has 0 saturated carbocycles. The molecule has 1 aromatic rings. The summed E-state index contributed by atoms with van der Waals surface area (Å²) in [5.74, 6) is 0.467. The van der Waals surface area contributed by atoms with Crippen LogP contribution >= 0.6 is 0 Å². The minimum Gasteiger partial charge on any atom is -0.389 e. The van der Waals surface area contributed by atoms with Crippen LogP contribution in [0.3, 0.4) is 0 Å². The summed E-state index contributed by atoms with van der Waals surface area (Å²) in [5, 5.41) is 10.7. The van der Waals surface area contributed by atoms with E-state index in [-0.39, 0.29) is 6.10 Å². The van der Waals surface area contributed by atoms with Gasteiger partial charge >= 0.3 is 0 Å². The second-order valence-corrected chi connectivity index (χ2v) is 5.99. The highest BCUT2D eigenvalue weighted by Gasteiger charge is 2.36.